The molecule has 0 aliphatic heterocycles. The van der Waals surface area contributed by atoms with Crippen molar-refractivity contribution in [3.05, 3.63) is 30.2 Å². The van der Waals surface area contributed by atoms with Gasteiger partial charge in [0, 0.05) is 25.4 Å². The van der Waals surface area contributed by atoms with Gasteiger partial charge in [0.15, 0.2) is 11.6 Å². The van der Waals surface area contributed by atoms with E-state index < -0.39 is 0 Å². The number of rotatable bonds is 3. The predicted octanol–water partition coefficient (Wildman–Crippen LogP) is 0.638. The Labute approximate surface area is 105 Å². The zero-order valence-electron chi connectivity index (χ0n) is 10.3. The molecule has 0 atom stereocenters. The second kappa shape index (κ2) is 4.29. The quantitative estimate of drug-likeness (QED) is 0.635. The molecule has 3 rings (SSSR count). The van der Waals surface area contributed by atoms with Gasteiger partial charge in [0.2, 0.25) is 0 Å². The molecular weight excluding hydrogens is 228 g/mol. The third-order valence-electron chi connectivity index (χ3n) is 3.23. The average Bonchev–Trinajstić information content (AvgIpc) is 3.12. The molecule has 6 heteroatoms. The highest BCUT2D eigenvalue weighted by atomic mass is 15.3. The van der Waals surface area contributed by atoms with Gasteiger partial charge in [-0.05, 0) is 18.9 Å². The van der Waals surface area contributed by atoms with Gasteiger partial charge in [0.1, 0.15) is 0 Å². The number of hydrogen-bond acceptors (Lipinski definition) is 3. The molecule has 1 aliphatic carbocycles. The van der Waals surface area contributed by atoms with Gasteiger partial charge < -0.3 is 10.6 Å². The van der Waals surface area contributed by atoms with E-state index in [1.807, 2.05) is 24.1 Å². The van der Waals surface area contributed by atoms with Gasteiger partial charge in [0.05, 0.1) is 18.4 Å². The van der Waals surface area contributed by atoms with Gasteiger partial charge in [-0.3, -0.25) is 0 Å². The van der Waals surface area contributed by atoms with Crippen LogP contribution >= 0.6 is 0 Å². The average molecular weight is 244 g/mol. The number of nitrogens with two attached hydrogens (primary N) is 1. The molecule has 0 saturated heterocycles. The number of aliphatic imine (C=N–C) groups is 1. The van der Waals surface area contributed by atoms with Crippen LogP contribution in [-0.2, 0) is 6.54 Å². The van der Waals surface area contributed by atoms with Crippen LogP contribution in [0.3, 0.4) is 0 Å². The maximum Gasteiger partial charge on any atom is 0.191 e. The van der Waals surface area contributed by atoms with Crippen LogP contribution in [0, 0.1) is 0 Å². The fourth-order valence-corrected chi connectivity index (χ4v) is 1.93. The molecule has 0 radical (unpaired) electrons. The van der Waals surface area contributed by atoms with E-state index in [4.69, 9.17) is 5.73 Å². The van der Waals surface area contributed by atoms with Gasteiger partial charge in [0.25, 0.3) is 0 Å². The van der Waals surface area contributed by atoms with Crippen LogP contribution in [0.5, 0.6) is 0 Å². The second-order valence-corrected chi connectivity index (χ2v) is 4.55. The highest BCUT2D eigenvalue weighted by molar-refractivity contribution is 5.78. The Balaban J connectivity index is 1.79. The van der Waals surface area contributed by atoms with Crippen LogP contribution in [0.2, 0.25) is 0 Å². The van der Waals surface area contributed by atoms with Crippen LogP contribution in [0.1, 0.15) is 18.5 Å². The predicted molar refractivity (Wildman–Crippen MR) is 69.1 cm³/mol. The van der Waals surface area contributed by atoms with Crippen molar-refractivity contribution < 1.29 is 0 Å². The second-order valence-electron chi connectivity index (χ2n) is 4.55. The third kappa shape index (κ3) is 2.01. The molecule has 94 valence electrons. The lowest BCUT2D eigenvalue weighted by Crippen LogP contribution is -2.35. The van der Waals surface area contributed by atoms with E-state index in [1.54, 1.807) is 16.9 Å². The van der Waals surface area contributed by atoms with Gasteiger partial charge in [-0.15, -0.1) is 0 Å². The normalized spacial score (nSPS) is 16.2. The van der Waals surface area contributed by atoms with E-state index in [0.717, 1.165) is 11.3 Å². The summed E-state index contributed by atoms with van der Waals surface area (Å²) in [5, 5.41) is 4.22. The minimum Gasteiger partial charge on any atom is -0.370 e. The summed E-state index contributed by atoms with van der Waals surface area (Å²) in [7, 11) is 1.99. The molecule has 0 bridgehead atoms. The van der Waals surface area contributed by atoms with Crippen molar-refractivity contribution >= 4 is 11.6 Å². The SMILES string of the molecule is CN(C(N)=NCc1ccnc2ccnn12)C1CC1. The number of nitrogens with zero attached hydrogens (tertiary/aromatic N) is 5. The van der Waals surface area contributed by atoms with Crippen molar-refractivity contribution in [3.8, 4) is 0 Å². The minimum atomic E-state index is 0.517. The Morgan fingerprint density at radius 1 is 1.50 bits per heavy atom. The minimum absolute atomic E-state index is 0.517. The molecule has 0 unspecified atom stereocenters. The molecule has 1 fully saturated rings. The molecule has 1 saturated carbocycles. The molecule has 1 aliphatic rings. The first-order valence-corrected chi connectivity index (χ1v) is 6.06. The monoisotopic (exact) mass is 244 g/mol. The maximum absolute atomic E-state index is 5.96. The summed E-state index contributed by atoms with van der Waals surface area (Å²) >= 11 is 0. The lowest BCUT2D eigenvalue weighted by Gasteiger charge is -2.16. The highest BCUT2D eigenvalue weighted by Crippen LogP contribution is 2.24. The van der Waals surface area contributed by atoms with Crippen molar-refractivity contribution in [2.75, 3.05) is 7.05 Å². The van der Waals surface area contributed by atoms with Crippen LogP contribution < -0.4 is 5.73 Å². The Kier molecular flexibility index (Phi) is 2.62. The van der Waals surface area contributed by atoms with Crippen molar-refractivity contribution in [1.29, 1.82) is 0 Å². The molecule has 2 heterocycles. The number of fused-ring (bicyclic) bond motifs is 1. The van der Waals surface area contributed by atoms with E-state index in [9.17, 15) is 0 Å². The standard InChI is InChI=1S/C12H16N6/c1-17(9-2-3-9)12(13)15-8-10-4-6-14-11-5-7-16-18(10)11/h4-7,9H,2-3,8H2,1H3,(H2,13,15). The molecule has 0 spiro atoms. The molecule has 0 aromatic carbocycles. The summed E-state index contributed by atoms with van der Waals surface area (Å²) in [5.41, 5.74) is 7.77. The lowest BCUT2D eigenvalue weighted by atomic mass is 10.4. The van der Waals surface area contributed by atoms with Gasteiger partial charge in [-0.1, -0.05) is 0 Å². The number of guanidine groups is 1. The zero-order chi connectivity index (χ0) is 12.5. The fourth-order valence-electron chi connectivity index (χ4n) is 1.93. The van der Waals surface area contributed by atoms with Crippen molar-refractivity contribution in [2.24, 2.45) is 10.7 Å². The third-order valence-corrected chi connectivity index (χ3v) is 3.23. The van der Waals surface area contributed by atoms with E-state index in [1.165, 1.54) is 12.8 Å². The highest BCUT2D eigenvalue weighted by Gasteiger charge is 2.27. The summed E-state index contributed by atoms with van der Waals surface area (Å²) in [4.78, 5) is 10.7. The Morgan fingerprint density at radius 3 is 3.11 bits per heavy atom. The van der Waals surface area contributed by atoms with Crippen molar-refractivity contribution in [3.63, 3.8) is 0 Å². The number of aromatic nitrogens is 3. The first-order valence-electron chi connectivity index (χ1n) is 6.06. The molecule has 2 N–H and O–H groups in total. The van der Waals surface area contributed by atoms with Crippen molar-refractivity contribution in [1.82, 2.24) is 19.5 Å². The maximum atomic E-state index is 5.96. The van der Waals surface area contributed by atoms with Crippen molar-refractivity contribution in [2.45, 2.75) is 25.4 Å². The summed E-state index contributed by atoms with van der Waals surface area (Å²) in [6.07, 6.45) is 5.93. The summed E-state index contributed by atoms with van der Waals surface area (Å²) in [6, 6.07) is 4.36. The van der Waals surface area contributed by atoms with Gasteiger partial charge in [-0.25, -0.2) is 14.5 Å². The van der Waals surface area contributed by atoms with Crippen LogP contribution in [0.25, 0.3) is 5.65 Å². The molecular formula is C12H16N6. The largest absolute Gasteiger partial charge is 0.370 e. The summed E-state index contributed by atoms with van der Waals surface area (Å²) in [5.74, 6) is 0.592. The van der Waals surface area contributed by atoms with E-state index in [2.05, 4.69) is 15.1 Å². The molecule has 18 heavy (non-hydrogen) atoms. The fraction of sp³-hybridized carbons (Fsp3) is 0.417. The number of hydrogen-bond donors (Lipinski definition) is 1. The van der Waals surface area contributed by atoms with E-state index >= 15 is 0 Å². The smallest absolute Gasteiger partial charge is 0.191 e. The van der Waals surface area contributed by atoms with Gasteiger partial charge in [-0.2, -0.15) is 5.10 Å². The lowest BCUT2D eigenvalue weighted by molar-refractivity contribution is 0.487. The van der Waals surface area contributed by atoms with Crippen LogP contribution in [-0.4, -0.2) is 38.5 Å². The Morgan fingerprint density at radius 2 is 2.33 bits per heavy atom. The first-order chi connectivity index (χ1) is 8.75. The summed E-state index contributed by atoms with van der Waals surface area (Å²) in [6.45, 7) is 0.517. The van der Waals surface area contributed by atoms with Gasteiger partial charge >= 0.3 is 0 Å². The zero-order valence-corrected chi connectivity index (χ0v) is 10.3. The topological polar surface area (TPSA) is 71.8 Å². The summed E-state index contributed by atoms with van der Waals surface area (Å²) < 4.78 is 1.79. The molecule has 2 aromatic rings. The first kappa shape index (κ1) is 11.0. The Bertz CT molecular complexity index is 583. The van der Waals surface area contributed by atoms with Crippen LogP contribution in [0.4, 0.5) is 0 Å². The molecule has 0 amide bonds. The van der Waals surface area contributed by atoms with Crippen LogP contribution in [0.15, 0.2) is 29.5 Å². The Hall–Kier alpha value is -2.11. The molecule has 6 nitrogen and oxygen atoms in total. The van der Waals surface area contributed by atoms with E-state index in [-0.39, 0.29) is 0 Å². The van der Waals surface area contributed by atoms with E-state index in [0.29, 0.717) is 18.5 Å². The molecule has 2 aromatic heterocycles.